The molecule has 152 valence electrons. The second-order valence-corrected chi connectivity index (χ2v) is 6.88. The number of halogens is 1. The minimum atomic E-state index is -0.578. The van der Waals surface area contributed by atoms with Gasteiger partial charge in [-0.25, -0.2) is 4.39 Å². The number of nitrogens with one attached hydrogen (secondary N) is 1. The number of amides is 1. The van der Waals surface area contributed by atoms with E-state index in [9.17, 15) is 9.18 Å². The summed E-state index contributed by atoms with van der Waals surface area (Å²) in [6.45, 7) is 10.6. The SMILES string of the molecule is CCOCCOC(C)C(=O)NCc1ccc(N2CC(C)OC(C)C2)c(F)c1. The number of anilines is 1. The summed E-state index contributed by atoms with van der Waals surface area (Å²) in [6.07, 6.45) is -0.446. The van der Waals surface area contributed by atoms with Crippen LogP contribution in [0.5, 0.6) is 0 Å². The number of ether oxygens (including phenoxy) is 3. The van der Waals surface area contributed by atoms with Crippen LogP contribution < -0.4 is 10.2 Å². The lowest BCUT2D eigenvalue weighted by atomic mass is 10.1. The molecule has 0 radical (unpaired) electrons. The molecular formula is C20H31FN2O4. The Kier molecular flexibility index (Phi) is 8.47. The summed E-state index contributed by atoms with van der Waals surface area (Å²) in [6, 6.07) is 5.08. The number of hydrogen-bond donors (Lipinski definition) is 1. The van der Waals surface area contributed by atoms with Crippen LogP contribution in [0.2, 0.25) is 0 Å². The molecule has 1 amide bonds. The van der Waals surface area contributed by atoms with Crippen molar-refractivity contribution < 1.29 is 23.4 Å². The molecule has 0 aromatic heterocycles. The highest BCUT2D eigenvalue weighted by Crippen LogP contribution is 2.24. The third-order valence-electron chi connectivity index (χ3n) is 4.41. The van der Waals surface area contributed by atoms with Crippen LogP contribution in [-0.4, -0.2) is 57.1 Å². The Balaban J connectivity index is 1.85. The molecule has 1 aromatic rings. The highest BCUT2D eigenvalue weighted by atomic mass is 19.1. The van der Waals surface area contributed by atoms with Crippen molar-refractivity contribution >= 4 is 11.6 Å². The number of benzene rings is 1. The van der Waals surface area contributed by atoms with Crippen molar-refractivity contribution in [2.45, 2.75) is 52.6 Å². The number of morpholine rings is 1. The van der Waals surface area contributed by atoms with E-state index in [2.05, 4.69) is 5.32 Å². The summed E-state index contributed by atoms with van der Waals surface area (Å²) in [4.78, 5) is 14.1. The summed E-state index contributed by atoms with van der Waals surface area (Å²) in [5, 5.41) is 2.77. The molecule has 27 heavy (non-hydrogen) atoms. The smallest absolute Gasteiger partial charge is 0.249 e. The van der Waals surface area contributed by atoms with Gasteiger partial charge >= 0.3 is 0 Å². The van der Waals surface area contributed by atoms with Gasteiger partial charge in [0.25, 0.3) is 0 Å². The van der Waals surface area contributed by atoms with E-state index < -0.39 is 6.10 Å². The molecule has 0 bridgehead atoms. The zero-order chi connectivity index (χ0) is 19.8. The van der Waals surface area contributed by atoms with Crippen molar-refractivity contribution in [3.05, 3.63) is 29.6 Å². The van der Waals surface area contributed by atoms with Gasteiger partial charge in [-0.3, -0.25) is 4.79 Å². The van der Waals surface area contributed by atoms with Gasteiger partial charge in [0, 0.05) is 26.2 Å². The third kappa shape index (κ3) is 6.75. The van der Waals surface area contributed by atoms with Gasteiger partial charge in [0.05, 0.1) is 31.1 Å². The summed E-state index contributed by atoms with van der Waals surface area (Å²) < 4.78 is 30.9. The van der Waals surface area contributed by atoms with Gasteiger partial charge in [0.1, 0.15) is 11.9 Å². The molecule has 1 fully saturated rings. The number of nitrogens with zero attached hydrogens (tertiary/aromatic N) is 1. The van der Waals surface area contributed by atoms with Crippen LogP contribution in [0.3, 0.4) is 0 Å². The second kappa shape index (κ2) is 10.6. The molecule has 6 nitrogen and oxygen atoms in total. The highest BCUT2D eigenvalue weighted by molar-refractivity contribution is 5.80. The van der Waals surface area contributed by atoms with E-state index in [4.69, 9.17) is 14.2 Å². The number of carbonyl (C=O) groups excluding carboxylic acids is 1. The minimum Gasteiger partial charge on any atom is -0.379 e. The molecule has 1 heterocycles. The maximum atomic E-state index is 14.6. The monoisotopic (exact) mass is 382 g/mol. The summed E-state index contributed by atoms with van der Waals surface area (Å²) in [7, 11) is 0. The van der Waals surface area contributed by atoms with E-state index >= 15 is 0 Å². The Morgan fingerprint density at radius 2 is 2.04 bits per heavy atom. The molecule has 1 aliphatic rings. The van der Waals surface area contributed by atoms with E-state index in [1.807, 2.05) is 31.7 Å². The fourth-order valence-electron chi connectivity index (χ4n) is 3.13. The number of hydrogen-bond acceptors (Lipinski definition) is 5. The van der Waals surface area contributed by atoms with E-state index in [0.29, 0.717) is 44.2 Å². The van der Waals surface area contributed by atoms with Crippen molar-refractivity contribution in [2.24, 2.45) is 0 Å². The first-order chi connectivity index (χ1) is 12.9. The van der Waals surface area contributed by atoms with Crippen LogP contribution in [0.15, 0.2) is 18.2 Å². The van der Waals surface area contributed by atoms with Gasteiger partial charge in [-0.15, -0.1) is 0 Å². The normalized spacial score (nSPS) is 21.1. The molecule has 0 aliphatic carbocycles. The van der Waals surface area contributed by atoms with Crippen molar-refractivity contribution in [3.63, 3.8) is 0 Å². The molecule has 1 aliphatic heterocycles. The minimum absolute atomic E-state index is 0.0660. The van der Waals surface area contributed by atoms with Crippen LogP contribution in [0.4, 0.5) is 10.1 Å². The Bertz CT molecular complexity index is 604. The Labute approximate surface area is 161 Å². The summed E-state index contributed by atoms with van der Waals surface area (Å²) in [5.41, 5.74) is 1.28. The lowest BCUT2D eigenvalue weighted by molar-refractivity contribution is -0.132. The zero-order valence-corrected chi connectivity index (χ0v) is 16.7. The van der Waals surface area contributed by atoms with E-state index in [1.54, 1.807) is 13.0 Å². The average Bonchev–Trinajstić information content (AvgIpc) is 2.62. The fraction of sp³-hybridized carbons (Fsp3) is 0.650. The number of carbonyl (C=O) groups is 1. The maximum absolute atomic E-state index is 14.6. The first-order valence-corrected chi connectivity index (χ1v) is 9.56. The number of rotatable bonds is 9. The Morgan fingerprint density at radius 3 is 2.67 bits per heavy atom. The average molecular weight is 382 g/mol. The van der Waals surface area contributed by atoms with Crippen LogP contribution >= 0.6 is 0 Å². The zero-order valence-electron chi connectivity index (χ0n) is 16.7. The first kappa shape index (κ1) is 21.6. The van der Waals surface area contributed by atoms with Gasteiger partial charge < -0.3 is 24.4 Å². The van der Waals surface area contributed by atoms with Crippen LogP contribution in [-0.2, 0) is 25.5 Å². The quantitative estimate of drug-likeness (QED) is 0.665. The molecule has 0 saturated carbocycles. The van der Waals surface area contributed by atoms with Crippen molar-refractivity contribution in [1.29, 1.82) is 0 Å². The second-order valence-electron chi connectivity index (χ2n) is 6.88. The molecule has 2 rings (SSSR count). The molecule has 7 heteroatoms. The Morgan fingerprint density at radius 1 is 1.33 bits per heavy atom. The van der Waals surface area contributed by atoms with Crippen molar-refractivity contribution in [3.8, 4) is 0 Å². The molecule has 3 unspecified atom stereocenters. The van der Waals surface area contributed by atoms with Gasteiger partial charge in [-0.1, -0.05) is 6.07 Å². The van der Waals surface area contributed by atoms with Crippen LogP contribution in [0.1, 0.15) is 33.3 Å². The van der Waals surface area contributed by atoms with Gasteiger partial charge in [-0.05, 0) is 45.4 Å². The third-order valence-corrected chi connectivity index (χ3v) is 4.41. The first-order valence-electron chi connectivity index (χ1n) is 9.56. The maximum Gasteiger partial charge on any atom is 0.249 e. The molecule has 1 saturated heterocycles. The van der Waals surface area contributed by atoms with E-state index in [0.717, 1.165) is 0 Å². The van der Waals surface area contributed by atoms with Gasteiger partial charge in [0.15, 0.2) is 0 Å². The molecule has 0 spiro atoms. The molecule has 1 N–H and O–H groups in total. The molecule has 1 aromatic carbocycles. The standard InChI is InChI=1S/C20H31FN2O4/c1-5-25-8-9-26-16(4)20(24)22-11-17-6-7-19(18(21)10-17)23-12-14(2)27-15(3)13-23/h6-7,10,14-16H,5,8-9,11-13H2,1-4H3,(H,22,24). The van der Waals surface area contributed by atoms with E-state index in [-0.39, 0.29) is 30.5 Å². The van der Waals surface area contributed by atoms with Crippen LogP contribution in [0.25, 0.3) is 0 Å². The summed E-state index contributed by atoms with van der Waals surface area (Å²) >= 11 is 0. The topological polar surface area (TPSA) is 60.0 Å². The van der Waals surface area contributed by atoms with Crippen LogP contribution in [0, 0.1) is 5.82 Å². The lowest BCUT2D eigenvalue weighted by Gasteiger charge is -2.37. The molecule has 3 atom stereocenters. The lowest BCUT2D eigenvalue weighted by Crippen LogP contribution is -2.45. The highest BCUT2D eigenvalue weighted by Gasteiger charge is 2.24. The largest absolute Gasteiger partial charge is 0.379 e. The Hall–Kier alpha value is -1.70. The predicted molar refractivity (Wildman–Crippen MR) is 102 cm³/mol. The predicted octanol–water partition coefficient (Wildman–Crippen LogP) is 2.50. The summed E-state index contributed by atoms with van der Waals surface area (Å²) in [5.74, 6) is -0.518. The van der Waals surface area contributed by atoms with Gasteiger partial charge in [0.2, 0.25) is 5.91 Å². The van der Waals surface area contributed by atoms with Crippen molar-refractivity contribution in [2.75, 3.05) is 37.8 Å². The van der Waals surface area contributed by atoms with E-state index in [1.165, 1.54) is 6.07 Å². The fourth-order valence-corrected chi connectivity index (χ4v) is 3.13. The van der Waals surface area contributed by atoms with Gasteiger partial charge in [-0.2, -0.15) is 0 Å². The van der Waals surface area contributed by atoms with Crippen molar-refractivity contribution in [1.82, 2.24) is 5.32 Å². The molecular weight excluding hydrogens is 351 g/mol.